The molecule has 0 saturated heterocycles. The van der Waals surface area contributed by atoms with Crippen LogP contribution in [0.4, 0.5) is 0 Å². The molecule has 3 heterocycles. The monoisotopic (exact) mass is 876 g/mol. The second-order valence-corrected chi connectivity index (χ2v) is 19.3. The van der Waals surface area contributed by atoms with Crippen LogP contribution in [0.15, 0.2) is 199 Å². The van der Waals surface area contributed by atoms with Crippen LogP contribution in [0, 0.1) is 6.92 Å². The van der Waals surface area contributed by atoms with E-state index in [1.54, 1.807) is 0 Å². The molecule has 4 aliphatic rings. The number of hydrogen-bond acceptors (Lipinski definition) is 3. The Labute approximate surface area is 398 Å². The van der Waals surface area contributed by atoms with Crippen molar-refractivity contribution < 1.29 is 0 Å². The zero-order chi connectivity index (χ0) is 45.3. The highest BCUT2D eigenvalue weighted by Crippen LogP contribution is 2.50. The van der Waals surface area contributed by atoms with Crippen molar-refractivity contribution in [3.05, 3.63) is 233 Å². The summed E-state index contributed by atoms with van der Waals surface area (Å²) in [5, 5.41) is 6.65. The molecule has 9 aromatic rings. The van der Waals surface area contributed by atoms with Gasteiger partial charge in [0.1, 0.15) is 0 Å². The van der Waals surface area contributed by atoms with Gasteiger partial charge in [-0.3, -0.25) is 9.98 Å². The van der Waals surface area contributed by atoms with Gasteiger partial charge in [-0.15, -0.1) is 0 Å². The lowest BCUT2D eigenvalue weighted by Gasteiger charge is -2.33. The highest BCUT2D eigenvalue weighted by atomic mass is 15.0. The van der Waals surface area contributed by atoms with Gasteiger partial charge >= 0.3 is 0 Å². The van der Waals surface area contributed by atoms with Gasteiger partial charge in [-0.05, 0) is 172 Å². The van der Waals surface area contributed by atoms with E-state index in [1.807, 2.05) is 12.4 Å². The maximum absolute atomic E-state index is 4.65. The van der Waals surface area contributed by atoms with Crippen LogP contribution >= 0.6 is 0 Å². The minimum absolute atomic E-state index is 0.203. The van der Waals surface area contributed by atoms with Crippen molar-refractivity contribution in [2.75, 3.05) is 0 Å². The molecular weight excluding hydrogens is 825 g/mol. The summed E-state index contributed by atoms with van der Waals surface area (Å²) in [4.78, 5) is 9.23. The fraction of sp³-hybridized carbons (Fsp3) is 0.156. The number of aromatic nitrogens is 2. The molecule has 0 bridgehead atoms. The van der Waals surface area contributed by atoms with Crippen molar-refractivity contribution in [1.29, 1.82) is 0 Å². The fourth-order valence-corrected chi connectivity index (χ4v) is 12.0. The largest absolute Gasteiger partial charge is 0.378 e. The predicted octanol–water partition coefficient (Wildman–Crippen LogP) is 15.1. The maximum atomic E-state index is 4.65. The number of hydrogen-bond donors (Lipinski definition) is 1. The normalized spacial score (nSPS) is 17.1. The molecule has 0 amide bonds. The molecule has 4 heteroatoms. The molecule has 0 saturated carbocycles. The van der Waals surface area contributed by atoms with E-state index in [2.05, 4.69) is 210 Å². The van der Waals surface area contributed by atoms with Crippen LogP contribution in [-0.2, 0) is 25.7 Å². The zero-order valence-corrected chi connectivity index (χ0v) is 38.6. The van der Waals surface area contributed by atoms with Crippen LogP contribution in [0.5, 0.6) is 0 Å². The molecule has 1 N–H and O–H groups in total. The molecule has 328 valence electrons. The van der Waals surface area contributed by atoms with Gasteiger partial charge in [-0.1, -0.05) is 133 Å². The molecule has 3 aliphatic carbocycles. The first kappa shape index (κ1) is 40.5. The Hall–Kier alpha value is -7.82. The maximum Gasteiger partial charge on any atom is 0.0579 e. The molecule has 68 heavy (non-hydrogen) atoms. The van der Waals surface area contributed by atoms with Gasteiger partial charge in [0.05, 0.1) is 17.1 Å². The Morgan fingerprint density at radius 3 is 1.99 bits per heavy atom. The smallest absolute Gasteiger partial charge is 0.0579 e. The molecule has 0 spiro atoms. The van der Waals surface area contributed by atoms with Gasteiger partial charge in [0.2, 0.25) is 0 Å². The van der Waals surface area contributed by atoms with Gasteiger partial charge in [0.25, 0.3) is 0 Å². The van der Waals surface area contributed by atoms with E-state index in [1.165, 1.54) is 117 Å². The number of nitrogens with zero attached hydrogens (tertiary/aromatic N) is 3. The summed E-state index contributed by atoms with van der Waals surface area (Å²) in [6.07, 6.45) is 16.8. The Bertz CT molecular complexity index is 3600. The zero-order valence-electron chi connectivity index (χ0n) is 38.6. The average molecular weight is 877 g/mol. The summed E-state index contributed by atoms with van der Waals surface area (Å²) in [5.74, 6) is 0.247. The van der Waals surface area contributed by atoms with Crippen molar-refractivity contribution in [2.24, 2.45) is 4.99 Å². The van der Waals surface area contributed by atoms with Crippen molar-refractivity contribution in [2.45, 2.75) is 64.3 Å². The quantitative estimate of drug-likeness (QED) is 0.165. The molecule has 13 rings (SSSR count). The highest BCUT2D eigenvalue weighted by Gasteiger charge is 2.32. The summed E-state index contributed by atoms with van der Waals surface area (Å²) < 4.78 is 2.55. The molecule has 2 atom stereocenters. The second-order valence-electron chi connectivity index (χ2n) is 19.3. The SMILES string of the molecule is CC1=NC=CC(NC2=C(c3cc4c5c(c3)CCc3c-5c(cc5c6cc(-c7ccccc7-c7ccccc7)ccc6n(-c6ccnc(C)c6)c35)CC4)CC(c3ccccc3-c3ccccc3)C=C2)C1. The predicted molar refractivity (Wildman–Crippen MR) is 284 cm³/mol. The highest BCUT2D eigenvalue weighted by molar-refractivity contribution is 6.14. The second kappa shape index (κ2) is 16.5. The molecular formula is C64H52N4. The number of nitrogens with one attached hydrogen (secondary N) is 1. The first-order chi connectivity index (χ1) is 33.5. The number of aryl methyl sites for hydroxylation is 5. The van der Waals surface area contributed by atoms with E-state index < -0.39 is 0 Å². The summed E-state index contributed by atoms with van der Waals surface area (Å²) in [6.45, 7) is 4.24. The number of benzene rings is 7. The molecule has 1 aliphatic heterocycles. The third kappa shape index (κ3) is 6.89. The van der Waals surface area contributed by atoms with Crippen LogP contribution in [0.3, 0.4) is 0 Å². The lowest BCUT2D eigenvalue weighted by atomic mass is 9.73. The molecule has 7 aromatic carbocycles. The Kier molecular flexibility index (Phi) is 9.82. The van der Waals surface area contributed by atoms with Gasteiger partial charge in [0, 0.05) is 58.3 Å². The molecule has 0 fully saturated rings. The number of allylic oxidation sites excluding steroid dienone is 3. The Morgan fingerprint density at radius 2 is 1.24 bits per heavy atom. The number of rotatable bonds is 8. The topological polar surface area (TPSA) is 42.2 Å². The third-order valence-electron chi connectivity index (χ3n) is 15.1. The molecule has 0 radical (unpaired) electrons. The number of pyridine rings is 1. The van der Waals surface area contributed by atoms with Crippen molar-refractivity contribution in [3.63, 3.8) is 0 Å². The lowest BCUT2D eigenvalue weighted by molar-refractivity contribution is 0.687. The lowest BCUT2D eigenvalue weighted by Crippen LogP contribution is -2.31. The van der Waals surface area contributed by atoms with Crippen molar-refractivity contribution in [1.82, 2.24) is 14.9 Å². The number of fused-ring (bicyclic) bond motifs is 4. The molecule has 2 aromatic heterocycles. The minimum Gasteiger partial charge on any atom is -0.378 e. The van der Waals surface area contributed by atoms with E-state index in [-0.39, 0.29) is 12.0 Å². The van der Waals surface area contributed by atoms with E-state index in [4.69, 9.17) is 0 Å². The molecule has 2 unspecified atom stereocenters. The third-order valence-corrected chi connectivity index (χ3v) is 15.1. The van der Waals surface area contributed by atoms with Crippen LogP contribution in [0.2, 0.25) is 0 Å². The average Bonchev–Trinajstić information content (AvgIpc) is 3.72. The van der Waals surface area contributed by atoms with Gasteiger partial charge in [-0.25, -0.2) is 0 Å². The van der Waals surface area contributed by atoms with Crippen LogP contribution in [0.25, 0.3) is 77.6 Å². The first-order valence-corrected chi connectivity index (χ1v) is 24.4. The summed E-state index contributed by atoms with van der Waals surface area (Å²) >= 11 is 0. The van der Waals surface area contributed by atoms with Crippen molar-refractivity contribution in [3.8, 4) is 50.2 Å². The van der Waals surface area contributed by atoms with Gasteiger partial charge < -0.3 is 9.88 Å². The first-order valence-electron chi connectivity index (χ1n) is 24.4. The molecule has 4 nitrogen and oxygen atoms in total. The van der Waals surface area contributed by atoms with E-state index in [9.17, 15) is 0 Å². The van der Waals surface area contributed by atoms with Crippen LogP contribution in [0.1, 0.15) is 64.8 Å². The Balaban J connectivity index is 0.963. The van der Waals surface area contributed by atoms with Gasteiger partial charge in [-0.2, -0.15) is 0 Å². The van der Waals surface area contributed by atoms with Crippen LogP contribution in [-0.4, -0.2) is 21.3 Å². The van der Waals surface area contributed by atoms with E-state index in [0.29, 0.717) is 0 Å². The fourth-order valence-electron chi connectivity index (χ4n) is 12.0. The van der Waals surface area contributed by atoms with Gasteiger partial charge in [0.15, 0.2) is 0 Å². The summed E-state index contributed by atoms with van der Waals surface area (Å²) in [6, 6.07) is 59.0. The van der Waals surface area contributed by atoms with Crippen LogP contribution < -0.4 is 5.32 Å². The standard InChI is InChI=1S/C64H52N4/c1-40-33-50(29-31-65-40)67-60-27-24-44(54-19-11-9-17-52(54)42-13-5-3-6-14-42)37-57(60)49-35-46-21-22-48-39-59-58-38-45(55-20-12-10-18-53(55)43-15-7-4-8-16-43)25-28-61(58)68(51-30-32-66-41(2)34-51)64(59)56-26-23-47(36-49)62(46)63(48)56/h3-20,24-25,27-32,34-36,38-39,44,50,67H,21-23,26,33,37H2,1-2H3. The van der Waals surface area contributed by atoms with E-state index >= 15 is 0 Å². The van der Waals surface area contributed by atoms with E-state index in [0.717, 1.165) is 49.9 Å². The minimum atomic E-state index is 0.203. The summed E-state index contributed by atoms with van der Waals surface area (Å²) in [5.41, 5.74) is 27.7. The Morgan fingerprint density at radius 1 is 0.559 bits per heavy atom. The number of aliphatic imine (C=N–C) groups is 1. The van der Waals surface area contributed by atoms with Crippen molar-refractivity contribution >= 4 is 33.1 Å². The summed E-state index contributed by atoms with van der Waals surface area (Å²) in [7, 11) is 0.